The van der Waals surface area contributed by atoms with Crippen molar-refractivity contribution in [3.05, 3.63) is 84.1 Å². The Labute approximate surface area is 145 Å². The normalized spacial score (nSPS) is 10.2. The van der Waals surface area contributed by atoms with Gasteiger partial charge in [-0.05, 0) is 60.8 Å². The first-order valence-corrected chi connectivity index (χ1v) is 8.35. The third kappa shape index (κ3) is 4.14. The molecule has 1 amide bonds. The number of hydrogen-bond acceptors (Lipinski definition) is 4. The predicted molar refractivity (Wildman–Crippen MR) is 99.3 cm³/mol. The van der Waals surface area contributed by atoms with Crippen molar-refractivity contribution >= 4 is 29.4 Å². The first-order valence-electron chi connectivity index (χ1n) is 7.53. The lowest BCUT2D eigenvalue weighted by atomic mass is 10.2. The van der Waals surface area contributed by atoms with E-state index in [0.29, 0.717) is 11.4 Å². The van der Waals surface area contributed by atoms with E-state index < -0.39 is 0 Å². The molecule has 2 aromatic carbocycles. The summed E-state index contributed by atoms with van der Waals surface area (Å²) in [5, 5.41) is 2.84. The van der Waals surface area contributed by atoms with Crippen LogP contribution in [-0.4, -0.2) is 10.9 Å². The molecule has 24 heavy (non-hydrogen) atoms. The molecule has 0 radical (unpaired) electrons. The van der Waals surface area contributed by atoms with Crippen LogP contribution in [0.3, 0.4) is 0 Å². The highest BCUT2D eigenvalue weighted by atomic mass is 32.2. The number of carbonyl (C=O) groups is 1. The smallest absolute Gasteiger partial charge is 0.256 e. The highest BCUT2D eigenvalue weighted by molar-refractivity contribution is 8.00. The third-order valence-electron chi connectivity index (χ3n) is 3.40. The largest absolute Gasteiger partial charge is 0.326 e. The topological polar surface area (TPSA) is 54.0 Å². The molecule has 0 fully saturated rings. The minimum Gasteiger partial charge on any atom is -0.326 e. The molecule has 0 spiro atoms. The van der Waals surface area contributed by atoms with E-state index in [1.807, 2.05) is 67.6 Å². The minimum absolute atomic E-state index is 0.176. The van der Waals surface area contributed by atoms with Crippen molar-refractivity contribution in [2.75, 3.05) is 10.0 Å². The molecule has 0 aliphatic rings. The fraction of sp³-hybridized carbons (Fsp3) is 0.0526. The van der Waals surface area contributed by atoms with E-state index >= 15 is 0 Å². The van der Waals surface area contributed by atoms with Gasteiger partial charge in [-0.15, -0.1) is 0 Å². The van der Waals surface area contributed by atoms with Crippen LogP contribution in [0.5, 0.6) is 0 Å². The van der Waals surface area contributed by atoms with Crippen molar-refractivity contribution in [1.82, 2.24) is 4.98 Å². The molecule has 0 aliphatic heterocycles. The summed E-state index contributed by atoms with van der Waals surface area (Å²) < 4.78 is 3.25. The van der Waals surface area contributed by atoms with Crippen molar-refractivity contribution in [3.8, 4) is 0 Å². The third-order valence-corrected chi connectivity index (χ3v) is 4.24. The molecular formula is C19H17N3OS. The number of carbonyl (C=O) groups excluding carboxylic acids is 1. The summed E-state index contributed by atoms with van der Waals surface area (Å²) in [6.45, 7) is 1.91. The van der Waals surface area contributed by atoms with Gasteiger partial charge in [0.2, 0.25) is 0 Å². The number of anilines is 2. The van der Waals surface area contributed by atoms with Crippen LogP contribution in [0.4, 0.5) is 11.5 Å². The average Bonchev–Trinajstić information content (AvgIpc) is 2.63. The number of pyridine rings is 1. The molecule has 0 unspecified atom stereocenters. The molecule has 0 aliphatic carbocycles. The van der Waals surface area contributed by atoms with Crippen molar-refractivity contribution in [1.29, 1.82) is 0 Å². The number of rotatable bonds is 5. The Hall–Kier alpha value is -2.79. The monoisotopic (exact) mass is 335 g/mol. The van der Waals surface area contributed by atoms with Crippen LogP contribution < -0.4 is 10.0 Å². The number of nitrogens with one attached hydrogen (secondary N) is 2. The van der Waals surface area contributed by atoms with Crippen LogP contribution in [-0.2, 0) is 0 Å². The zero-order valence-electron chi connectivity index (χ0n) is 13.2. The zero-order valence-corrected chi connectivity index (χ0v) is 14.0. The molecule has 0 atom stereocenters. The summed E-state index contributed by atoms with van der Waals surface area (Å²) in [5.74, 6) is 0.407. The van der Waals surface area contributed by atoms with Crippen LogP contribution in [0.25, 0.3) is 0 Å². The van der Waals surface area contributed by atoms with Gasteiger partial charge in [-0.1, -0.05) is 30.3 Å². The molecule has 0 bridgehead atoms. The first kappa shape index (κ1) is 16.1. The average molecular weight is 335 g/mol. The zero-order chi connectivity index (χ0) is 16.8. The van der Waals surface area contributed by atoms with E-state index in [0.717, 1.165) is 16.1 Å². The van der Waals surface area contributed by atoms with Gasteiger partial charge in [0.15, 0.2) is 0 Å². The lowest BCUT2D eigenvalue weighted by molar-refractivity contribution is 0.102. The van der Waals surface area contributed by atoms with Crippen LogP contribution in [0.2, 0.25) is 0 Å². The fourth-order valence-electron chi connectivity index (χ4n) is 2.13. The number of amides is 1. The van der Waals surface area contributed by atoms with Crippen molar-refractivity contribution in [2.45, 2.75) is 11.8 Å². The Morgan fingerprint density at radius 1 is 1.00 bits per heavy atom. The van der Waals surface area contributed by atoms with E-state index in [1.165, 1.54) is 11.9 Å². The lowest BCUT2D eigenvalue weighted by Crippen LogP contribution is -2.13. The molecule has 2 N–H and O–H groups in total. The molecule has 1 aromatic heterocycles. The van der Waals surface area contributed by atoms with E-state index in [9.17, 15) is 4.79 Å². The quantitative estimate of drug-likeness (QED) is 0.660. The van der Waals surface area contributed by atoms with Crippen molar-refractivity contribution in [2.24, 2.45) is 0 Å². The molecule has 3 aromatic rings. The number of nitrogens with zero attached hydrogens (tertiary/aromatic N) is 1. The Morgan fingerprint density at radius 3 is 2.62 bits per heavy atom. The number of aromatic nitrogens is 1. The minimum atomic E-state index is -0.176. The number of aryl methyl sites for hydroxylation is 1. The molecule has 120 valence electrons. The Morgan fingerprint density at radius 2 is 1.83 bits per heavy atom. The SMILES string of the molecule is Cc1cccnc1NC(=O)c1cccc(NSc2ccccc2)c1. The van der Waals surface area contributed by atoms with Crippen LogP contribution in [0.1, 0.15) is 15.9 Å². The van der Waals surface area contributed by atoms with E-state index in [1.54, 1.807) is 12.3 Å². The Kier molecular flexibility index (Phi) is 5.13. The van der Waals surface area contributed by atoms with Gasteiger partial charge in [0, 0.05) is 22.3 Å². The predicted octanol–water partition coefficient (Wildman–Crippen LogP) is 4.76. The standard InChI is InChI=1S/C19H17N3OS/c1-14-7-6-12-20-18(14)21-19(23)15-8-5-9-16(13-15)22-24-17-10-3-2-4-11-17/h2-13,22H,1H3,(H,20,21,23). The molecular weight excluding hydrogens is 318 g/mol. The summed E-state index contributed by atoms with van der Waals surface area (Å²) in [5.41, 5.74) is 2.38. The molecule has 3 rings (SSSR count). The van der Waals surface area contributed by atoms with E-state index in [-0.39, 0.29) is 5.91 Å². The lowest BCUT2D eigenvalue weighted by Gasteiger charge is -2.09. The van der Waals surface area contributed by atoms with Crippen LogP contribution in [0.15, 0.2) is 77.8 Å². The second-order valence-corrected chi connectivity index (χ2v) is 6.10. The molecule has 0 saturated carbocycles. The van der Waals surface area contributed by atoms with Crippen molar-refractivity contribution in [3.63, 3.8) is 0 Å². The van der Waals surface area contributed by atoms with Gasteiger partial charge in [0.05, 0.1) is 0 Å². The maximum absolute atomic E-state index is 12.4. The molecule has 0 saturated heterocycles. The summed E-state index contributed by atoms with van der Waals surface area (Å²) in [7, 11) is 0. The Bertz CT molecular complexity index is 837. The van der Waals surface area contributed by atoms with Gasteiger partial charge < -0.3 is 10.0 Å². The fourth-order valence-corrected chi connectivity index (χ4v) is 2.78. The van der Waals surface area contributed by atoms with Gasteiger partial charge in [0.1, 0.15) is 5.82 Å². The highest BCUT2D eigenvalue weighted by Gasteiger charge is 2.09. The van der Waals surface area contributed by atoms with Gasteiger partial charge in [0.25, 0.3) is 5.91 Å². The van der Waals surface area contributed by atoms with Gasteiger partial charge >= 0.3 is 0 Å². The van der Waals surface area contributed by atoms with E-state index in [2.05, 4.69) is 15.0 Å². The maximum atomic E-state index is 12.4. The van der Waals surface area contributed by atoms with Gasteiger partial charge in [-0.3, -0.25) is 4.79 Å². The number of hydrogen-bond donors (Lipinski definition) is 2. The highest BCUT2D eigenvalue weighted by Crippen LogP contribution is 2.22. The number of benzene rings is 2. The molecule has 4 nitrogen and oxygen atoms in total. The summed E-state index contributed by atoms with van der Waals surface area (Å²) in [4.78, 5) is 17.7. The maximum Gasteiger partial charge on any atom is 0.256 e. The van der Waals surface area contributed by atoms with Gasteiger partial charge in [-0.25, -0.2) is 4.98 Å². The first-order chi connectivity index (χ1) is 11.7. The van der Waals surface area contributed by atoms with Crippen LogP contribution in [0, 0.1) is 6.92 Å². The molecule has 1 heterocycles. The second-order valence-electron chi connectivity index (χ2n) is 5.22. The molecule has 5 heteroatoms. The Balaban J connectivity index is 1.68. The summed E-state index contributed by atoms with van der Waals surface area (Å²) in [6, 6.07) is 21.2. The van der Waals surface area contributed by atoms with Crippen molar-refractivity contribution < 1.29 is 4.79 Å². The summed E-state index contributed by atoms with van der Waals surface area (Å²) in [6.07, 6.45) is 1.66. The summed E-state index contributed by atoms with van der Waals surface area (Å²) >= 11 is 1.51. The van der Waals surface area contributed by atoms with Crippen LogP contribution >= 0.6 is 11.9 Å². The van der Waals surface area contributed by atoms with E-state index in [4.69, 9.17) is 0 Å². The second kappa shape index (κ2) is 7.66. The van der Waals surface area contributed by atoms with Gasteiger partial charge in [-0.2, -0.15) is 0 Å².